The fourth-order valence-electron chi connectivity index (χ4n) is 2.74. The van der Waals surface area contributed by atoms with E-state index in [1.165, 1.54) is 16.4 Å². The van der Waals surface area contributed by atoms with Crippen molar-refractivity contribution in [2.45, 2.75) is 30.2 Å². The van der Waals surface area contributed by atoms with Crippen molar-refractivity contribution in [3.05, 3.63) is 58.0 Å². The molecule has 1 amide bonds. The molecule has 0 saturated carbocycles. The minimum absolute atomic E-state index is 0.0316. The molecule has 0 saturated heterocycles. The Hall–Kier alpha value is -2.08. The zero-order valence-corrected chi connectivity index (χ0v) is 13.8. The minimum atomic E-state index is -0.102. The van der Waals surface area contributed by atoms with Crippen LogP contribution >= 0.6 is 11.8 Å². The summed E-state index contributed by atoms with van der Waals surface area (Å²) in [5.41, 5.74) is 1.83. The zero-order chi connectivity index (χ0) is 16.2. The summed E-state index contributed by atoms with van der Waals surface area (Å²) in [5, 5.41) is 7.36. The zero-order valence-electron chi connectivity index (χ0n) is 13.0. The van der Waals surface area contributed by atoms with Gasteiger partial charge in [-0.1, -0.05) is 18.2 Å². The molecule has 120 valence electrons. The molecule has 3 rings (SSSR count). The van der Waals surface area contributed by atoms with Gasteiger partial charge in [-0.15, -0.1) is 11.8 Å². The van der Waals surface area contributed by atoms with Crippen molar-refractivity contribution in [1.29, 1.82) is 0 Å². The van der Waals surface area contributed by atoms with Crippen LogP contribution in [0.2, 0.25) is 0 Å². The molecule has 5 nitrogen and oxygen atoms in total. The predicted molar refractivity (Wildman–Crippen MR) is 90.6 cm³/mol. The van der Waals surface area contributed by atoms with Gasteiger partial charge in [0.1, 0.15) is 0 Å². The van der Waals surface area contributed by atoms with Crippen molar-refractivity contribution in [1.82, 2.24) is 15.1 Å². The highest BCUT2D eigenvalue weighted by Gasteiger charge is 2.22. The molecule has 1 atom stereocenters. The van der Waals surface area contributed by atoms with Crippen LogP contribution in [0.25, 0.3) is 0 Å². The normalized spacial score (nSPS) is 16.7. The highest BCUT2D eigenvalue weighted by Crippen LogP contribution is 2.19. The Kier molecular flexibility index (Phi) is 4.81. The second-order valence-electron chi connectivity index (χ2n) is 5.69. The Morgan fingerprint density at radius 3 is 2.96 bits per heavy atom. The molecule has 23 heavy (non-hydrogen) atoms. The van der Waals surface area contributed by atoms with E-state index in [2.05, 4.69) is 10.4 Å². The summed E-state index contributed by atoms with van der Waals surface area (Å²) in [4.78, 5) is 24.9. The van der Waals surface area contributed by atoms with Crippen molar-refractivity contribution in [2.24, 2.45) is 7.05 Å². The number of rotatable bonds is 4. The van der Waals surface area contributed by atoms with Crippen molar-refractivity contribution in [2.75, 3.05) is 5.75 Å². The van der Waals surface area contributed by atoms with E-state index >= 15 is 0 Å². The van der Waals surface area contributed by atoms with Crippen molar-refractivity contribution in [3.8, 4) is 0 Å². The summed E-state index contributed by atoms with van der Waals surface area (Å²) < 4.78 is 1.37. The molecular formula is C17H19N3O2S. The third-order valence-corrected chi connectivity index (χ3v) is 4.94. The third kappa shape index (κ3) is 4.01. The minimum Gasteiger partial charge on any atom is -0.352 e. The first-order chi connectivity index (χ1) is 11.1. The van der Waals surface area contributed by atoms with Crippen LogP contribution in [0.5, 0.6) is 0 Å². The van der Waals surface area contributed by atoms with Gasteiger partial charge in [-0.2, -0.15) is 5.10 Å². The maximum atomic E-state index is 12.1. The average molecular weight is 329 g/mol. The Morgan fingerprint density at radius 2 is 2.17 bits per heavy atom. The highest BCUT2D eigenvalue weighted by molar-refractivity contribution is 8.00. The lowest BCUT2D eigenvalue weighted by Crippen LogP contribution is -2.40. The van der Waals surface area contributed by atoms with E-state index in [4.69, 9.17) is 0 Å². The molecule has 0 aliphatic heterocycles. The van der Waals surface area contributed by atoms with E-state index in [9.17, 15) is 9.59 Å². The van der Waals surface area contributed by atoms with Gasteiger partial charge in [0.2, 0.25) is 5.91 Å². The Morgan fingerprint density at radius 1 is 1.39 bits per heavy atom. The second-order valence-corrected chi connectivity index (χ2v) is 6.74. The van der Waals surface area contributed by atoms with Crippen LogP contribution in [0.3, 0.4) is 0 Å². The third-order valence-electron chi connectivity index (χ3n) is 3.93. The lowest BCUT2D eigenvalue weighted by atomic mass is 9.92. The maximum Gasteiger partial charge on any atom is 0.266 e. The molecule has 2 aromatic rings. The molecule has 1 unspecified atom stereocenters. The quantitative estimate of drug-likeness (QED) is 0.865. The number of amides is 1. The van der Waals surface area contributed by atoms with E-state index in [1.54, 1.807) is 13.1 Å². The molecule has 6 heteroatoms. The lowest BCUT2D eigenvalue weighted by Gasteiger charge is -2.24. The largest absolute Gasteiger partial charge is 0.352 e. The van der Waals surface area contributed by atoms with Crippen LogP contribution in [-0.2, 0) is 24.7 Å². The monoisotopic (exact) mass is 329 g/mol. The molecule has 0 radical (unpaired) electrons. The van der Waals surface area contributed by atoms with Gasteiger partial charge in [0.05, 0.1) is 11.4 Å². The number of hydrogen-bond acceptors (Lipinski definition) is 4. The van der Waals surface area contributed by atoms with Crippen LogP contribution in [0, 0.1) is 0 Å². The van der Waals surface area contributed by atoms with Crippen LogP contribution in [-0.4, -0.2) is 27.5 Å². The molecule has 0 bridgehead atoms. The maximum absolute atomic E-state index is 12.1. The van der Waals surface area contributed by atoms with Gasteiger partial charge in [0, 0.05) is 24.1 Å². The summed E-state index contributed by atoms with van der Waals surface area (Å²) in [6.45, 7) is 0. The number of fused-ring (bicyclic) bond motifs is 1. The standard InChI is InChI=1S/C17H19N3O2S/c1-20-17(22)10-12-9-13(7-8-15(12)19-20)18-16(21)11-23-14-5-3-2-4-6-14/h2-6,10,13H,7-9,11H2,1H3,(H,18,21). The van der Waals surface area contributed by atoms with Gasteiger partial charge < -0.3 is 5.32 Å². The molecule has 1 N–H and O–H groups in total. The number of benzene rings is 1. The number of carbonyl (C=O) groups is 1. The number of thioether (sulfide) groups is 1. The van der Waals surface area contributed by atoms with Crippen LogP contribution < -0.4 is 10.9 Å². The van der Waals surface area contributed by atoms with E-state index < -0.39 is 0 Å². The molecule has 1 heterocycles. The van der Waals surface area contributed by atoms with Crippen LogP contribution in [0.4, 0.5) is 0 Å². The summed E-state index contributed by atoms with van der Waals surface area (Å²) >= 11 is 1.53. The lowest BCUT2D eigenvalue weighted by molar-refractivity contribution is -0.119. The van der Waals surface area contributed by atoms with Crippen LogP contribution in [0.1, 0.15) is 17.7 Å². The highest BCUT2D eigenvalue weighted by atomic mass is 32.2. The Balaban J connectivity index is 1.56. The molecular weight excluding hydrogens is 310 g/mol. The number of aromatic nitrogens is 2. The number of carbonyl (C=O) groups excluding carboxylic acids is 1. The first-order valence-corrected chi connectivity index (χ1v) is 8.63. The Bertz CT molecular complexity index is 758. The van der Waals surface area contributed by atoms with Gasteiger partial charge in [0.25, 0.3) is 5.56 Å². The average Bonchev–Trinajstić information content (AvgIpc) is 2.55. The summed E-state index contributed by atoms with van der Waals surface area (Å²) in [6, 6.07) is 11.6. The first kappa shape index (κ1) is 15.8. The molecule has 0 fully saturated rings. The SMILES string of the molecule is Cn1nc2c(cc1=O)CC(NC(=O)CSc1ccccc1)CC2. The predicted octanol–water partition coefficient (Wildman–Crippen LogP) is 1.55. The van der Waals surface area contributed by atoms with E-state index in [0.29, 0.717) is 12.2 Å². The summed E-state index contributed by atoms with van der Waals surface area (Å²) in [7, 11) is 1.66. The van der Waals surface area contributed by atoms with Gasteiger partial charge in [-0.25, -0.2) is 4.68 Å². The van der Waals surface area contributed by atoms with E-state index in [-0.39, 0.29) is 17.5 Å². The molecule has 0 spiro atoms. The van der Waals surface area contributed by atoms with E-state index in [0.717, 1.165) is 29.0 Å². The summed E-state index contributed by atoms with van der Waals surface area (Å²) in [5.74, 6) is 0.437. The second kappa shape index (κ2) is 7.00. The Labute approximate surface area is 139 Å². The summed E-state index contributed by atoms with van der Waals surface area (Å²) in [6.07, 6.45) is 2.33. The number of aryl methyl sites for hydroxylation is 2. The van der Waals surface area contributed by atoms with Crippen molar-refractivity contribution in [3.63, 3.8) is 0 Å². The van der Waals surface area contributed by atoms with Gasteiger partial charge >= 0.3 is 0 Å². The topological polar surface area (TPSA) is 64.0 Å². The van der Waals surface area contributed by atoms with Gasteiger partial charge in [-0.05, 0) is 37.0 Å². The molecule has 1 aromatic heterocycles. The number of nitrogens with zero attached hydrogens (tertiary/aromatic N) is 2. The van der Waals surface area contributed by atoms with Gasteiger partial charge in [0.15, 0.2) is 0 Å². The van der Waals surface area contributed by atoms with E-state index in [1.807, 2.05) is 30.3 Å². The van der Waals surface area contributed by atoms with Crippen molar-refractivity contribution < 1.29 is 4.79 Å². The number of nitrogens with one attached hydrogen (secondary N) is 1. The van der Waals surface area contributed by atoms with Crippen molar-refractivity contribution >= 4 is 17.7 Å². The molecule has 1 aromatic carbocycles. The first-order valence-electron chi connectivity index (χ1n) is 7.65. The van der Waals surface area contributed by atoms with Gasteiger partial charge in [-0.3, -0.25) is 9.59 Å². The van der Waals surface area contributed by atoms with Crippen LogP contribution in [0.15, 0.2) is 46.1 Å². The smallest absolute Gasteiger partial charge is 0.266 e. The number of hydrogen-bond donors (Lipinski definition) is 1. The molecule has 1 aliphatic rings. The molecule has 1 aliphatic carbocycles. The fraction of sp³-hybridized carbons (Fsp3) is 0.353. The fourth-order valence-corrected chi connectivity index (χ4v) is 3.47.